The standard InChI is InChI=1S/C22H39N/c1-2-3-4-5-6-7-8-9-10-11-12-13-14-15-16-17-18-19-20-21-22-23/h2-5,8-10,13-23H2,1H3. The van der Waals surface area contributed by atoms with Crippen molar-refractivity contribution in [1.29, 1.82) is 0 Å². The molecule has 0 amide bonds. The van der Waals surface area contributed by atoms with Gasteiger partial charge in [-0.3, -0.25) is 0 Å². The molecule has 0 aromatic carbocycles. The molecule has 2 N–H and O–H groups in total. The summed E-state index contributed by atoms with van der Waals surface area (Å²) in [6.45, 7) is 3.08. The lowest BCUT2D eigenvalue weighted by atomic mass is 10.1. The molecule has 0 radical (unpaired) electrons. The Hall–Kier alpha value is -0.920. The van der Waals surface area contributed by atoms with Crippen molar-refractivity contribution < 1.29 is 0 Å². The van der Waals surface area contributed by atoms with Crippen molar-refractivity contribution in [2.24, 2.45) is 5.73 Å². The normalized spacial score (nSPS) is 9.83. The summed E-state index contributed by atoms with van der Waals surface area (Å²) in [4.78, 5) is 0. The second kappa shape index (κ2) is 21.1. The van der Waals surface area contributed by atoms with Crippen LogP contribution in [0.3, 0.4) is 0 Å². The van der Waals surface area contributed by atoms with E-state index < -0.39 is 0 Å². The van der Waals surface area contributed by atoms with E-state index in [0.717, 1.165) is 38.6 Å². The highest BCUT2D eigenvalue weighted by Gasteiger charge is 1.91. The van der Waals surface area contributed by atoms with Crippen LogP contribution in [-0.4, -0.2) is 6.54 Å². The monoisotopic (exact) mass is 317 g/mol. The highest BCUT2D eigenvalue weighted by Crippen LogP contribution is 2.09. The summed E-state index contributed by atoms with van der Waals surface area (Å²) >= 11 is 0. The highest BCUT2D eigenvalue weighted by molar-refractivity contribution is 5.02. The molecule has 132 valence electrons. The molecule has 1 nitrogen and oxygen atoms in total. The van der Waals surface area contributed by atoms with Gasteiger partial charge in [0.2, 0.25) is 0 Å². The van der Waals surface area contributed by atoms with Gasteiger partial charge < -0.3 is 5.73 Å². The Morgan fingerprint density at radius 1 is 0.478 bits per heavy atom. The second-order valence-electron chi connectivity index (χ2n) is 6.38. The average Bonchev–Trinajstić information content (AvgIpc) is 2.57. The number of hydrogen-bond acceptors (Lipinski definition) is 1. The zero-order valence-electron chi connectivity index (χ0n) is 15.6. The van der Waals surface area contributed by atoms with Gasteiger partial charge in [0.1, 0.15) is 0 Å². The van der Waals surface area contributed by atoms with Crippen LogP contribution >= 0.6 is 0 Å². The number of hydrogen-bond donors (Lipinski definition) is 1. The van der Waals surface area contributed by atoms with E-state index in [2.05, 4.69) is 30.6 Å². The molecule has 0 saturated carbocycles. The molecule has 0 unspecified atom stereocenters. The van der Waals surface area contributed by atoms with Gasteiger partial charge in [-0.1, -0.05) is 58.3 Å². The Labute approximate surface area is 146 Å². The number of nitrogens with two attached hydrogens (primary N) is 1. The summed E-state index contributed by atoms with van der Waals surface area (Å²) in [6.07, 6.45) is 19.8. The van der Waals surface area contributed by atoms with Crippen molar-refractivity contribution in [2.75, 3.05) is 6.54 Å². The molecule has 0 atom stereocenters. The van der Waals surface area contributed by atoms with E-state index in [9.17, 15) is 0 Å². The lowest BCUT2D eigenvalue weighted by Crippen LogP contribution is -1.97. The summed E-state index contributed by atoms with van der Waals surface area (Å²) in [7, 11) is 0. The SMILES string of the molecule is CCCCCC#CCCCC#CCCCCCCCCCCN. The molecule has 0 aliphatic heterocycles. The molecule has 0 bridgehead atoms. The molecule has 0 aromatic rings. The van der Waals surface area contributed by atoms with E-state index in [0.29, 0.717) is 0 Å². The van der Waals surface area contributed by atoms with Crippen LogP contribution in [0.4, 0.5) is 0 Å². The van der Waals surface area contributed by atoms with E-state index in [-0.39, 0.29) is 0 Å². The molecule has 0 heterocycles. The smallest absolute Gasteiger partial charge is 0.00977 e. The molecule has 0 fully saturated rings. The van der Waals surface area contributed by atoms with Gasteiger partial charge >= 0.3 is 0 Å². The van der Waals surface area contributed by atoms with Gasteiger partial charge in [0, 0.05) is 25.7 Å². The summed E-state index contributed by atoms with van der Waals surface area (Å²) in [6, 6.07) is 0. The Bertz CT molecular complexity index is 336. The van der Waals surface area contributed by atoms with Gasteiger partial charge in [0.25, 0.3) is 0 Å². The van der Waals surface area contributed by atoms with Crippen LogP contribution in [0.5, 0.6) is 0 Å². The predicted molar refractivity (Wildman–Crippen MR) is 104 cm³/mol. The zero-order valence-corrected chi connectivity index (χ0v) is 15.6. The largest absolute Gasteiger partial charge is 0.330 e. The van der Waals surface area contributed by atoms with Crippen LogP contribution < -0.4 is 5.73 Å². The first-order chi connectivity index (χ1) is 11.4. The Morgan fingerprint density at radius 2 is 0.870 bits per heavy atom. The molecular weight excluding hydrogens is 278 g/mol. The first-order valence-corrected chi connectivity index (χ1v) is 10.0. The summed E-state index contributed by atoms with van der Waals surface area (Å²) in [5.74, 6) is 13.1. The minimum absolute atomic E-state index is 0.851. The van der Waals surface area contributed by atoms with Crippen molar-refractivity contribution in [1.82, 2.24) is 0 Å². The minimum Gasteiger partial charge on any atom is -0.330 e. The van der Waals surface area contributed by atoms with Gasteiger partial charge in [0.15, 0.2) is 0 Å². The molecule has 0 spiro atoms. The van der Waals surface area contributed by atoms with E-state index in [1.807, 2.05) is 0 Å². The van der Waals surface area contributed by atoms with Crippen LogP contribution in [-0.2, 0) is 0 Å². The predicted octanol–water partition coefficient (Wildman–Crippen LogP) is 6.21. The first-order valence-electron chi connectivity index (χ1n) is 10.0. The topological polar surface area (TPSA) is 26.0 Å². The molecule has 0 saturated heterocycles. The van der Waals surface area contributed by atoms with Crippen molar-refractivity contribution in [3.05, 3.63) is 0 Å². The Kier molecular flexibility index (Phi) is 20.2. The quantitative estimate of drug-likeness (QED) is 0.299. The fourth-order valence-corrected chi connectivity index (χ4v) is 2.50. The van der Waals surface area contributed by atoms with Crippen LogP contribution in [0.2, 0.25) is 0 Å². The number of rotatable bonds is 14. The van der Waals surface area contributed by atoms with Crippen LogP contribution in [0.1, 0.15) is 110 Å². The van der Waals surface area contributed by atoms with Crippen LogP contribution in [0.15, 0.2) is 0 Å². The molecule has 0 rings (SSSR count). The lowest BCUT2D eigenvalue weighted by Gasteiger charge is -2.00. The maximum Gasteiger partial charge on any atom is 0.00977 e. The fourth-order valence-electron chi connectivity index (χ4n) is 2.50. The highest BCUT2D eigenvalue weighted by atomic mass is 14.5. The summed E-state index contributed by atoms with van der Waals surface area (Å²) in [5.41, 5.74) is 5.49. The molecular formula is C22H39N. The molecule has 0 aliphatic carbocycles. The van der Waals surface area contributed by atoms with Gasteiger partial charge in [-0.05, 0) is 32.2 Å². The van der Waals surface area contributed by atoms with Crippen molar-refractivity contribution >= 4 is 0 Å². The Balaban J connectivity index is 3.18. The zero-order chi connectivity index (χ0) is 16.8. The summed E-state index contributed by atoms with van der Waals surface area (Å²) < 4.78 is 0. The average molecular weight is 318 g/mol. The fraction of sp³-hybridized carbons (Fsp3) is 0.818. The van der Waals surface area contributed by atoms with Gasteiger partial charge in [-0.2, -0.15) is 0 Å². The first kappa shape index (κ1) is 22.1. The van der Waals surface area contributed by atoms with Gasteiger partial charge in [0.05, 0.1) is 0 Å². The lowest BCUT2D eigenvalue weighted by molar-refractivity contribution is 0.573. The molecule has 1 heteroatoms. The molecule has 23 heavy (non-hydrogen) atoms. The second-order valence-corrected chi connectivity index (χ2v) is 6.38. The van der Waals surface area contributed by atoms with Crippen molar-refractivity contribution in [3.63, 3.8) is 0 Å². The third-order valence-electron chi connectivity index (χ3n) is 4.01. The number of unbranched alkanes of at least 4 members (excludes halogenated alkanes) is 13. The third-order valence-corrected chi connectivity index (χ3v) is 4.01. The maximum absolute atomic E-state index is 5.49. The van der Waals surface area contributed by atoms with Gasteiger partial charge in [-0.25, -0.2) is 0 Å². The van der Waals surface area contributed by atoms with Gasteiger partial charge in [-0.15, -0.1) is 23.7 Å². The molecule has 0 aromatic heterocycles. The Morgan fingerprint density at radius 3 is 1.35 bits per heavy atom. The van der Waals surface area contributed by atoms with E-state index >= 15 is 0 Å². The summed E-state index contributed by atoms with van der Waals surface area (Å²) in [5, 5.41) is 0. The minimum atomic E-state index is 0.851. The van der Waals surface area contributed by atoms with E-state index in [4.69, 9.17) is 5.73 Å². The van der Waals surface area contributed by atoms with E-state index in [1.165, 1.54) is 70.6 Å². The molecule has 0 aliphatic rings. The van der Waals surface area contributed by atoms with Crippen molar-refractivity contribution in [2.45, 2.75) is 110 Å². The van der Waals surface area contributed by atoms with Crippen molar-refractivity contribution in [3.8, 4) is 23.7 Å². The third kappa shape index (κ3) is 21.1. The van der Waals surface area contributed by atoms with E-state index in [1.54, 1.807) is 0 Å². The van der Waals surface area contributed by atoms with Crippen LogP contribution in [0, 0.1) is 23.7 Å². The maximum atomic E-state index is 5.49. The van der Waals surface area contributed by atoms with Crippen LogP contribution in [0.25, 0.3) is 0 Å².